The zero-order valence-electron chi connectivity index (χ0n) is 12.4. The number of aryl methyl sites for hydroxylation is 1. The molecule has 0 bridgehead atoms. The van der Waals surface area contributed by atoms with Crippen molar-refractivity contribution in [3.63, 3.8) is 0 Å². The van der Waals surface area contributed by atoms with Crippen molar-refractivity contribution in [1.29, 1.82) is 0 Å². The van der Waals surface area contributed by atoms with Gasteiger partial charge in [-0.15, -0.1) is 0 Å². The molecule has 0 saturated carbocycles. The molecule has 3 rings (SSSR count). The fraction of sp³-hybridized carbons (Fsp3) is 0.222. The minimum Gasteiger partial charge on any atom is -0.444 e. The van der Waals surface area contributed by atoms with Gasteiger partial charge >= 0.3 is 6.09 Å². The molecular formula is C18H17NO3. The summed E-state index contributed by atoms with van der Waals surface area (Å²) in [6.07, 6.45) is -0.0800. The van der Waals surface area contributed by atoms with E-state index in [1.54, 1.807) is 11.0 Å². The number of carbonyl (C=O) groups is 2. The molecule has 1 aliphatic heterocycles. The van der Waals surface area contributed by atoms with Crippen LogP contribution in [0, 0.1) is 6.92 Å². The SMILES string of the molecule is Cc1cccc2c1N(C(=O)OCc1ccccc1)CCC2=O. The van der Waals surface area contributed by atoms with Crippen LogP contribution in [0.3, 0.4) is 0 Å². The van der Waals surface area contributed by atoms with E-state index in [1.807, 2.05) is 49.4 Å². The van der Waals surface area contributed by atoms with Crippen molar-refractivity contribution in [2.24, 2.45) is 0 Å². The number of hydrogen-bond acceptors (Lipinski definition) is 3. The molecule has 1 aliphatic rings. The molecule has 0 saturated heterocycles. The van der Waals surface area contributed by atoms with Crippen LogP contribution in [0.2, 0.25) is 0 Å². The van der Waals surface area contributed by atoms with E-state index in [9.17, 15) is 9.59 Å². The van der Waals surface area contributed by atoms with Gasteiger partial charge in [-0.05, 0) is 24.1 Å². The van der Waals surface area contributed by atoms with Crippen LogP contribution < -0.4 is 4.90 Å². The summed E-state index contributed by atoms with van der Waals surface area (Å²) in [6.45, 7) is 2.49. The number of amides is 1. The summed E-state index contributed by atoms with van der Waals surface area (Å²) in [5.41, 5.74) is 3.12. The van der Waals surface area contributed by atoms with E-state index in [1.165, 1.54) is 0 Å². The molecule has 2 aromatic carbocycles. The minimum absolute atomic E-state index is 0.0748. The maximum atomic E-state index is 12.4. The molecule has 112 valence electrons. The van der Waals surface area contributed by atoms with E-state index in [-0.39, 0.29) is 12.4 Å². The fourth-order valence-corrected chi connectivity index (χ4v) is 2.68. The van der Waals surface area contributed by atoms with E-state index < -0.39 is 6.09 Å². The van der Waals surface area contributed by atoms with Crippen LogP contribution in [0.5, 0.6) is 0 Å². The Morgan fingerprint density at radius 2 is 1.91 bits per heavy atom. The number of carbonyl (C=O) groups excluding carboxylic acids is 2. The van der Waals surface area contributed by atoms with E-state index in [4.69, 9.17) is 4.74 Å². The Morgan fingerprint density at radius 3 is 2.68 bits per heavy atom. The standard InChI is InChI=1S/C18H17NO3/c1-13-6-5-9-15-16(20)10-11-19(17(13)15)18(21)22-12-14-7-3-2-4-8-14/h2-9H,10-12H2,1H3. The fourth-order valence-electron chi connectivity index (χ4n) is 2.68. The average Bonchev–Trinajstić information content (AvgIpc) is 2.55. The van der Waals surface area contributed by atoms with Crippen LogP contribution in [0.1, 0.15) is 27.9 Å². The summed E-state index contributed by atoms with van der Waals surface area (Å²) in [6, 6.07) is 15.0. The van der Waals surface area contributed by atoms with E-state index in [0.29, 0.717) is 24.2 Å². The van der Waals surface area contributed by atoms with Crippen LogP contribution in [-0.4, -0.2) is 18.4 Å². The first-order chi connectivity index (χ1) is 10.7. The van der Waals surface area contributed by atoms with E-state index in [0.717, 1.165) is 11.1 Å². The second-order valence-electron chi connectivity index (χ2n) is 5.34. The highest BCUT2D eigenvalue weighted by Gasteiger charge is 2.29. The van der Waals surface area contributed by atoms with E-state index in [2.05, 4.69) is 0 Å². The number of Topliss-reactive ketones (excluding diaryl/α,β-unsaturated/α-hetero) is 1. The first kappa shape index (κ1) is 14.3. The third-order valence-corrected chi connectivity index (χ3v) is 3.80. The highest BCUT2D eigenvalue weighted by Crippen LogP contribution is 2.31. The van der Waals surface area contributed by atoms with Gasteiger partial charge in [0.2, 0.25) is 0 Å². The van der Waals surface area contributed by atoms with E-state index >= 15 is 0 Å². The largest absolute Gasteiger partial charge is 0.444 e. The highest BCUT2D eigenvalue weighted by molar-refractivity contribution is 6.08. The van der Waals surface area contributed by atoms with Gasteiger partial charge in [-0.2, -0.15) is 0 Å². The van der Waals surface area contributed by atoms with Crippen LogP contribution in [0.15, 0.2) is 48.5 Å². The first-order valence-electron chi connectivity index (χ1n) is 7.28. The van der Waals surface area contributed by atoms with Crippen molar-refractivity contribution in [2.75, 3.05) is 11.4 Å². The van der Waals surface area contributed by atoms with Gasteiger partial charge in [0.25, 0.3) is 0 Å². The smallest absolute Gasteiger partial charge is 0.414 e. The van der Waals surface area contributed by atoms with Crippen LogP contribution in [0.25, 0.3) is 0 Å². The Labute approximate surface area is 129 Å². The van der Waals surface area contributed by atoms with Gasteiger partial charge in [-0.3, -0.25) is 9.69 Å². The summed E-state index contributed by atoms with van der Waals surface area (Å²) in [4.78, 5) is 26.0. The van der Waals surface area contributed by atoms with Gasteiger partial charge in [0, 0.05) is 18.5 Å². The first-order valence-corrected chi connectivity index (χ1v) is 7.28. The molecule has 2 aromatic rings. The molecule has 22 heavy (non-hydrogen) atoms. The summed E-state index contributed by atoms with van der Waals surface area (Å²) in [5, 5.41) is 0. The average molecular weight is 295 g/mol. The number of anilines is 1. The molecular weight excluding hydrogens is 278 g/mol. The third-order valence-electron chi connectivity index (χ3n) is 3.80. The molecule has 1 heterocycles. The molecule has 0 atom stereocenters. The number of rotatable bonds is 2. The van der Waals surface area contributed by atoms with Crippen LogP contribution in [-0.2, 0) is 11.3 Å². The van der Waals surface area contributed by atoms with Crippen molar-refractivity contribution in [3.05, 3.63) is 65.2 Å². The summed E-state index contributed by atoms with van der Waals surface area (Å²) in [5.74, 6) is 0.0748. The molecule has 0 N–H and O–H groups in total. The van der Waals surface area contributed by atoms with Crippen molar-refractivity contribution in [2.45, 2.75) is 20.0 Å². The number of benzene rings is 2. The Kier molecular flexibility index (Phi) is 3.92. The predicted octanol–water partition coefficient (Wildman–Crippen LogP) is 3.72. The Morgan fingerprint density at radius 1 is 1.14 bits per heavy atom. The maximum absolute atomic E-state index is 12.4. The van der Waals surface area contributed by atoms with Gasteiger partial charge in [0.05, 0.1) is 5.69 Å². The maximum Gasteiger partial charge on any atom is 0.414 e. The lowest BCUT2D eigenvalue weighted by atomic mass is 9.97. The van der Waals surface area contributed by atoms with Crippen molar-refractivity contribution in [3.8, 4) is 0 Å². The predicted molar refractivity (Wildman–Crippen MR) is 84.1 cm³/mol. The molecule has 0 spiro atoms. The lowest BCUT2D eigenvalue weighted by Gasteiger charge is -2.29. The summed E-state index contributed by atoms with van der Waals surface area (Å²) >= 11 is 0. The minimum atomic E-state index is -0.410. The van der Waals surface area contributed by atoms with Gasteiger partial charge in [-0.25, -0.2) is 4.79 Å². The number of fused-ring (bicyclic) bond motifs is 1. The number of para-hydroxylation sites is 1. The zero-order valence-corrected chi connectivity index (χ0v) is 12.4. The second kappa shape index (κ2) is 6.02. The second-order valence-corrected chi connectivity index (χ2v) is 5.34. The lowest BCUT2D eigenvalue weighted by molar-refractivity contribution is 0.0977. The normalized spacial score (nSPS) is 13.7. The van der Waals surface area contributed by atoms with Gasteiger partial charge < -0.3 is 4.74 Å². The van der Waals surface area contributed by atoms with Gasteiger partial charge in [0.15, 0.2) is 5.78 Å². The molecule has 0 aromatic heterocycles. The Bertz CT molecular complexity index is 710. The molecule has 4 heteroatoms. The molecule has 1 amide bonds. The van der Waals surface area contributed by atoms with Gasteiger partial charge in [-0.1, -0.05) is 42.5 Å². The third kappa shape index (κ3) is 2.72. The molecule has 0 fully saturated rings. The molecule has 0 unspecified atom stereocenters. The zero-order chi connectivity index (χ0) is 15.5. The number of ether oxygens (including phenoxy) is 1. The molecule has 0 radical (unpaired) electrons. The molecule has 0 aliphatic carbocycles. The highest BCUT2D eigenvalue weighted by atomic mass is 16.6. The number of ketones is 1. The number of nitrogens with zero attached hydrogens (tertiary/aromatic N) is 1. The molecule has 4 nitrogen and oxygen atoms in total. The lowest BCUT2D eigenvalue weighted by Crippen LogP contribution is -2.38. The topological polar surface area (TPSA) is 46.6 Å². The quantitative estimate of drug-likeness (QED) is 0.848. The monoisotopic (exact) mass is 295 g/mol. The van der Waals surface area contributed by atoms with Crippen LogP contribution >= 0.6 is 0 Å². The Balaban J connectivity index is 1.79. The van der Waals surface area contributed by atoms with Crippen LogP contribution in [0.4, 0.5) is 10.5 Å². The van der Waals surface area contributed by atoms with Crippen molar-refractivity contribution in [1.82, 2.24) is 0 Å². The summed E-state index contributed by atoms with van der Waals surface area (Å²) in [7, 11) is 0. The van der Waals surface area contributed by atoms with Crippen molar-refractivity contribution >= 4 is 17.6 Å². The van der Waals surface area contributed by atoms with Crippen molar-refractivity contribution < 1.29 is 14.3 Å². The summed E-state index contributed by atoms with van der Waals surface area (Å²) < 4.78 is 5.39. The van der Waals surface area contributed by atoms with Gasteiger partial charge in [0.1, 0.15) is 6.61 Å². The number of hydrogen-bond donors (Lipinski definition) is 0. The Hall–Kier alpha value is -2.62.